The number of rotatable bonds is 10. The highest BCUT2D eigenvalue weighted by Gasteiger charge is 2.73. The molecule has 0 unspecified atom stereocenters. The molecule has 1 aliphatic rings. The average Bonchev–Trinajstić information content (AvgIpc) is 3.57. The number of nitrogens with one attached hydrogen (secondary N) is 1. The summed E-state index contributed by atoms with van der Waals surface area (Å²) in [5.41, 5.74) is -5.19. The summed E-state index contributed by atoms with van der Waals surface area (Å²) < 4.78 is 111. The second-order valence-corrected chi connectivity index (χ2v) is 10.7. The molecule has 0 aromatic heterocycles. The maximum atomic E-state index is 13.6. The van der Waals surface area contributed by atoms with E-state index in [9.17, 15) is 39.6 Å². The molecule has 0 atom stereocenters. The van der Waals surface area contributed by atoms with Crippen molar-refractivity contribution in [3.63, 3.8) is 0 Å². The zero-order chi connectivity index (χ0) is 26.8. The van der Waals surface area contributed by atoms with Crippen molar-refractivity contribution in [1.82, 2.24) is 0 Å². The van der Waals surface area contributed by atoms with Crippen molar-refractivity contribution in [2.45, 2.75) is 55.5 Å². The van der Waals surface area contributed by atoms with Crippen LogP contribution in [0.4, 0.5) is 32.0 Å². The van der Waals surface area contributed by atoms with Crippen molar-refractivity contribution in [3.05, 3.63) is 59.7 Å². The van der Waals surface area contributed by atoms with Gasteiger partial charge in [0.2, 0.25) is 5.91 Å². The molecule has 1 aliphatic carbocycles. The molecule has 1 saturated carbocycles. The van der Waals surface area contributed by atoms with E-state index in [0.717, 1.165) is 25.0 Å². The Balaban J connectivity index is 1.71. The monoisotopic (exact) mass is 537 g/mol. The number of anilines is 1. The quantitative estimate of drug-likeness (QED) is 0.389. The van der Waals surface area contributed by atoms with Crippen LogP contribution in [0.5, 0.6) is 0 Å². The molecular weight excluding hydrogens is 512 g/mol. The molecular formula is C24H25F6NO4S. The van der Waals surface area contributed by atoms with Crippen LogP contribution in [0.25, 0.3) is 0 Å². The van der Waals surface area contributed by atoms with Gasteiger partial charge in [-0.15, -0.1) is 0 Å². The zero-order valence-electron chi connectivity index (χ0n) is 19.2. The Morgan fingerprint density at radius 3 is 1.97 bits per heavy atom. The van der Waals surface area contributed by atoms with Gasteiger partial charge in [-0.1, -0.05) is 31.2 Å². The molecule has 5 nitrogen and oxygen atoms in total. The van der Waals surface area contributed by atoms with Gasteiger partial charge in [0.25, 0.3) is 5.60 Å². The number of benzene rings is 2. The minimum atomic E-state index is -5.77. The van der Waals surface area contributed by atoms with E-state index in [1.54, 1.807) is 0 Å². The average molecular weight is 538 g/mol. The van der Waals surface area contributed by atoms with Crippen LogP contribution < -0.4 is 5.32 Å². The lowest BCUT2D eigenvalue weighted by Crippen LogP contribution is -2.56. The van der Waals surface area contributed by atoms with Crippen molar-refractivity contribution >= 4 is 21.4 Å². The first kappa shape index (κ1) is 28.0. The minimum Gasteiger partial charge on any atom is -0.354 e. The van der Waals surface area contributed by atoms with Crippen LogP contribution in [0, 0.1) is 5.92 Å². The van der Waals surface area contributed by atoms with Crippen LogP contribution in [0.15, 0.2) is 53.4 Å². The number of hydrogen-bond donors (Lipinski definition) is 1. The molecule has 1 N–H and O–H groups in total. The molecule has 2 aromatic carbocycles. The number of carbonyl (C=O) groups excluding carboxylic acids is 1. The molecule has 1 fully saturated rings. The van der Waals surface area contributed by atoms with Gasteiger partial charge in [-0.05, 0) is 55.0 Å². The first-order chi connectivity index (χ1) is 16.7. The van der Waals surface area contributed by atoms with Crippen LogP contribution in [0.1, 0.15) is 37.3 Å². The predicted octanol–water partition coefficient (Wildman–Crippen LogP) is 5.80. The van der Waals surface area contributed by atoms with Gasteiger partial charge in [0.1, 0.15) is 0 Å². The van der Waals surface area contributed by atoms with E-state index in [4.69, 9.17) is 0 Å². The number of alkyl halides is 6. The number of halogens is 6. The van der Waals surface area contributed by atoms with E-state index < -0.39 is 45.9 Å². The maximum absolute atomic E-state index is 13.6. The van der Waals surface area contributed by atoms with Gasteiger partial charge in [0.05, 0.1) is 17.1 Å². The molecule has 3 rings (SSSR count). The van der Waals surface area contributed by atoms with Crippen molar-refractivity contribution in [3.8, 4) is 0 Å². The number of carbonyl (C=O) groups is 1. The number of ether oxygens (including phenoxy) is 1. The van der Waals surface area contributed by atoms with Crippen molar-refractivity contribution in [2.24, 2.45) is 5.92 Å². The standard InChI is InChI=1S/C24H25F6NO4S/c1-2-13-35-22(23(25,26)27,24(28,29)30)18-7-9-19(10-8-18)31-21(32)14-16-5-11-20(12-6-16)36(33,34)15-17-3-4-17/h5-12,17H,2-4,13-15H2,1H3,(H,31,32). The fraction of sp³-hybridized carbons (Fsp3) is 0.458. The summed E-state index contributed by atoms with van der Waals surface area (Å²) in [4.78, 5) is 12.5. The Labute approximate surface area is 204 Å². The number of hydrogen-bond acceptors (Lipinski definition) is 4. The van der Waals surface area contributed by atoms with E-state index in [1.807, 2.05) is 0 Å². The van der Waals surface area contributed by atoms with Crippen molar-refractivity contribution < 1.29 is 44.3 Å². The summed E-state index contributed by atoms with van der Waals surface area (Å²) >= 11 is 0. The lowest BCUT2D eigenvalue weighted by atomic mass is 9.91. The van der Waals surface area contributed by atoms with Gasteiger partial charge in [0, 0.05) is 17.9 Å². The summed E-state index contributed by atoms with van der Waals surface area (Å²) in [6.45, 7) is 0.620. The highest BCUT2D eigenvalue weighted by molar-refractivity contribution is 7.91. The SMILES string of the molecule is CCCOC(c1ccc(NC(=O)Cc2ccc(S(=O)(=O)CC3CC3)cc2)cc1)(C(F)(F)F)C(F)(F)F. The maximum Gasteiger partial charge on any atom is 0.430 e. The lowest BCUT2D eigenvalue weighted by Gasteiger charge is -2.37. The van der Waals surface area contributed by atoms with E-state index in [0.29, 0.717) is 17.7 Å². The van der Waals surface area contributed by atoms with Crippen LogP contribution in [-0.4, -0.2) is 39.0 Å². The van der Waals surface area contributed by atoms with Gasteiger partial charge in [0.15, 0.2) is 9.84 Å². The second kappa shape index (κ2) is 10.4. The molecule has 0 bridgehead atoms. The normalized spacial score (nSPS) is 15.1. The summed E-state index contributed by atoms with van der Waals surface area (Å²) in [6.07, 6.45) is -10.0. The molecule has 198 valence electrons. The van der Waals surface area contributed by atoms with Crippen LogP contribution in [0.2, 0.25) is 0 Å². The smallest absolute Gasteiger partial charge is 0.354 e. The lowest BCUT2D eigenvalue weighted by molar-refractivity contribution is -0.389. The fourth-order valence-electron chi connectivity index (χ4n) is 3.67. The van der Waals surface area contributed by atoms with Gasteiger partial charge >= 0.3 is 12.4 Å². The summed E-state index contributed by atoms with van der Waals surface area (Å²) in [6, 6.07) is 8.86. The third kappa shape index (κ3) is 6.20. The van der Waals surface area contributed by atoms with Crippen LogP contribution in [-0.2, 0) is 31.4 Å². The Morgan fingerprint density at radius 2 is 1.50 bits per heavy atom. The van der Waals surface area contributed by atoms with Gasteiger partial charge in [-0.3, -0.25) is 4.79 Å². The number of amides is 1. The highest BCUT2D eigenvalue weighted by Crippen LogP contribution is 2.53. The topological polar surface area (TPSA) is 72.5 Å². The molecule has 36 heavy (non-hydrogen) atoms. The molecule has 1 amide bonds. The molecule has 2 aromatic rings. The highest BCUT2D eigenvalue weighted by atomic mass is 32.2. The van der Waals surface area contributed by atoms with Crippen molar-refractivity contribution in [1.29, 1.82) is 0 Å². The molecule has 0 saturated heterocycles. The summed E-state index contributed by atoms with van der Waals surface area (Å²) in [7, 11) is -3.41. The Morgan fingerprint density at radius 1 is 0.944 bits per heavy atom. The first-order valence-corrected chi connectivity index (χ1v) is 12.8. The van der Waals surface area contributed by atoms with Crippen molar-refractivity contribution in [2.75, 3.05) is 17.7 Å². The first-order valence-electron chi connectivity index (χ1n) is 11.2. The van der Waals surface area contributed by atoms with E-state index in [1.165, 1.54) is 31.2 Å². The molecule has 0 radical (unpaired) electrons. The van der Waals surface area contributed by atoms with Crippen LogP contribution >= 0.6 is 0 Å². The third-order valence-corrected chi connectivity index (χ3v) is 7.60. The van der Waals surface area contributed by atoms with E-state index in [2.05, 4.69) is 10.1 Å². The molecule has 0 spiro atoms. The summed E-state index contributed by atoms with van der Waals surface area (Å²) in [5.74, 6) is -0.324. The second-order valence-electron chi connectivity index (χ2n) is 8.70. The minimum absolute atomic E-state index is 0.0129. The zero-order valence-corrected chi connectivity index (χ0v) is 20.1. The predicted molar refractivity (Wildman–Crippen MR) is 120 cm³/mol. The molecule has 0 aliphatic heterocycles. The van der Waals surface area contributed by atoms with Gasteiger partial charge in [-0.2, -0.15) is 26.3 Å². The molecule has 12 heteroatoms. The van der Waals surface area contributed by atoms with E-state index >= 15 is 0 Å². The third-order valence-electron chi connectivity index (χ3n) is 5.70. The van der Waals surface area contributed by atoms with Gasteiger partial charge < -0.3 is 10.1 Å². The largest absolute Gasteiger partial charge is 0.430 e. The Kier molecular flexibility index (Phi) is 8.09. The Hall–Kier alpha value is -2.60. The number of sulfone groups is 1. The Bertz CT molecular complexity index is 1140. The van der Waals surface area contributed by atoms with Gasteiger partial charge in [-0.25, -0.2) is 8.42 Å². The molecule has 0 heterocycles. The summed E-state index contributed by atoms with van der Waals surface area (Å²) in [5, 5.41) is 2.41. The van der Waals surface area contributed by atoms with Crippen LogP contribution in [0.3, 0.4) is 0 Å². The fourth-order valence-corrected chi connectivity index (χ4v) is 5.37. The van der Waals surface area contributed by atoms with E-state index in [-0.39, 0.29) is 35.1 Å².